The van der Waals surface area contributed by atoms with Crippen LogP contribution in [0.25, 0.3) is 0 Å². The molecule has 200 valence electrons. The highest BCUT2D eigenvalue weighted by Gasteiger charge is 2.20. The van der Waals surface area contributed by atoms with Crippen LogP contribution in [0.15, 0.2) is 18.2 Å². The molecule has 0 aliphatic carbocycles. The molecule has 1 aromatic carbocycles. The van der Waals surface area contributed by atoms with Crippen molar-refractivity contribution in [3.05, 3.63) is 35.2 Å². The van der Waals surface area contributed by atoms with Crippen molar-refractivity contribution >= 4 is 23.6 Å². The zero-order chi connectivity index (χ0) is 26.5. The van der Waals surface area contributed by atoms with Crippen molar-refractivity contribution in [3.63, 3.8) is 0 Å². The molecule has 2 amide bonds. The molecule has 1 aromatic heterocycles. The van der Waals surface area contributed by atoms with E-state index in [-0.39, 0.29) is 23.7 Å². The molecule has 0 fully saturated rings. The summed E-state index contributed by atoms with van der Waals surface area (Å²) < 4.78 is 1.42. The molecule has 0 radical (unpaired) electrons. The summed E-state index contributed by atoms with van der Waals surface area (Å²) in [6.45, 7) is 12.1. The standard InChI is InChI=1S/C29H47N5O2/c1-7-8-9-10-11-12-13-14-15-16-20-26-32-33-28(34(26)23(6)35)31-29(36)30-27-24(21(2)3)18-17-19-25(27)22(4)5/h17-19,21-22H,7-16,20H2,1-6H3,(H2,30,31,33,36). The van der Waals surface area contributed by atoms with Gasteiger partial charge in [-0.2, -0.15) is 0 Å². The first-order valence-corrected chi connectivity index (χ1v) is 13.9. The second kappa shape index (κ2) is 15.4. The predicted octanol–water partition coefficient (Wildman–Crippen LogP) is 8.29. The number of rotatable bonds is 15. The largest absolute Gasteiger partial charge is 0.326 e. The molecule has 7 heteroatoms. The average molecular weight is 498 g/mol. The Morgan fingerprint density at radius 3 is 1.83 bits per heavy atom. The number of urea groups is 1. The SMILES string of the molecule is CCCCCCCCCCCCc1nnc(NC(=O)Nc2c(C(C)C)cccc2C(C)C)n1C(C)=O. The lowest BCUT2D eigenvalue weighted by atomic mass is 9.93. The van der Waals surface area contributed by atoms with Crippen LogP contribution in [0.4, 0.5) is 16.4 Å². The van der Waals surface area contributed by atoms with E-state index in [0.717, 1.165) is 29.7 Å². The number of aryl methyl sites for hydroxylation is 1. The fourth-order valence-corrected chi connectivity index (χ4v) is 4.60. The van der Waals surface area contributed by atoms with Crippen LogP contribution in [0.2, 0.25) is 0 Å². The van der Waals surface area contributed by atoms with Gasteiger partial charge in [0.15, 0.2) is 0 Å². The number of nitrogens with one attached hydrogen (secondary N) is 2. The van der Waals surface area contributed by atoms with Crippen LogP contribution < -0.4 is 10.6 Å². The number of hydrogen-bond acceptors (Lipinski definition) is 4. The molecule has 36 heavy (non-hydrogen) atoms. The fraction of sp³-hybridized carbons (Fsp3) is 0.655. The number of benzene rings is 1. The third-order valence-electron chi connectivity index (χ3n) is 6.64. The highest BCUT2D eigenvalue weighted by atomic mass is 16.2. The molecule has 0 saturated heterocycles. The highest BCUT2D eigenvalue weighted by Crippen LogP contribution is 2.32. The smallest absolute Gasteiger partial charge is 0.307 e. The second-order valence-corrected chi connectivity index (χ2v) is 10.4. The zero-order valence-electron chi connectivity index (χ0n) is 23.3. The van der Waals surface area contributed by atoms with Gasteiger partial charge in [0.2, 0.25) is 11.9 Å². The van der Waals surface area contributed by atoms with Gasteiger partial charge in [0.1, 0.15) is 5.82 Å². The van der Waals surface area contributed by atoms with Gasteiger partial charge in [-0.05, 0) is 29.4 Å². The fourth-order valence-electron chi connectivity index (χ4n) is 4.60. The zero-order valence-corrected chi connectivity index (χ0v) is 23.3. The third kappa shape index (κ3) is 9.07. The van der Waals surface area contributed by atoms with E-state index in [9.17, 15) is 9.59 Å². The van der Waals surface area contributed by atoms with Crippen LogP contribution in [-0.2, 0) is 6.42 Å². The molecule has 2 aromatic rings. The third-order valence-corrected chi connectivity index (χ3v) is 6.64. The monoisotopic (exact) mass is 497 g/mol. The van der Waals surface area contributed by atoms with Crippen molar-refractivity contribution in [1.82, 2.24) is 14.8 Å². The minimum atomic E-state index is -0.426. The van der Waals surface area contributed by atoms with E-state index in [2.05, 4.69) is 55.4 Å². The van der Waals surface area contributed by atoms with Gasteiger partial charge in [0, 0.05) is 19.0 Å². The number of aromatic nitrogens is 3. The Bertz CT molecular complexity index is 938. The van der Waals surface area contributed by atoms with Crippen molar-refractivity contribution in [3.8, 4) is 0 Å². The molecule has 0 atom stereocenters. The molecule has 1 heterocycles. The Morgan fingerprint density at radius 1 is 0.806 bits per heavy atom. The number of amides is 2. The molecule has 7 nitrogen and oxygen atoms in total. The highest BCUT2D eigenvalue weighted by molar-refractivity contribution is 6.01. The van der Waals surface area contributed by atoms with Crippen molar-refractivity contribution in [2.45, 2.75) is 124 Å². The second-order valence-electron chi connectivity index (χ2n) is 10.4. The Kier molecular flexibility index (Phi) is 12.6. The van der Waals surface area contributed by atoms with E-state index >= 15 is 0 Å². The molecule has 0 saturated carbocycles. The van der Waals surface area contributed by atoms with Gasteiger partial charge in [-0.25, -0.2) is 9.36 Å². The summed E-state index contributed by atoms with van der Waals surface area (Å²) in [5, 5.41) is 14.1. The summed E-state index contributed by atoms with van der Waals surface area (Å²) in [4.78, 5) is 25.3. The molecule has 2 N–H and O–H groups in total. The van der Waals surface area contributed by atoms with Gasteiger partial charge in [0.25, 0.3) is 0 Å². The maximum Gasteiger partial charge on any atom is 0.326 e. The van der Waals surface area contributed by atoms with Gasteiger partial charge in [-0.1, -0.05) is 111 Å². The van der Waals surface area contributed by atoms with Gasteiger partial charge in [0.05, 0.1) is 0 Å². The first-order chi connectivity index (χ1) is 17.3. The number of para-hydroxylation sites is 1. The van der Waals surface area contributed by atoms with Crippen molar-refractivity contribution < 1.29 is 9.59 Å². The van der Waals surface area contributed by atoms with E-state index in [0.29, 0.717) is 12.2 Å². The molecule has 0 unspecified atom stereocenters. The van der Waals surface area contributed by atoms with Crippen LogP contribution in [0.1, 0.15) is 139 Å². The van der Waals surface area contributed by atoms with Crippen LogP contribution in [0, 0.1) is 0 Å². The maximum absolute atomic E-state index is 12.9. The number of hydrogen-bond donors (Lipinski definition) is 2. The van der Waals surface area contributed by atoms with Crippen molar-refractivity contribution in [2.24, 2.45) is 0 Å². The Morgan fingerprint density at radius 2 is 1.33 bits per heavy atom. The number of carbonyl (C=O) groups is 2. The first-order valence-electron chi connectivity index (χ1n) is 13.9. The average Bonchev–Trinajstić information content (AvgIpc) is 3.22. The summed E-state index contributed by atoms with van der Waals surface area (Å²) >= 11 is 0. The Labute approximate surface area is 217 Å². The lowest BCUT2D eigenvalue weighted by Crippen LogP contribution is -2.25. The molecule has 0 aliphatic heterocycles. The van der Waals surface area contributed by atoms with Crippen molar-refractivity contribution in [2.75, 3.05) is 10.6 Å². The van der Waals surface area contributed by atoms with E-state index in [1.165, 1.54) is 62.9 Å². The number of nitrogens with zero attached hydrogens (tertiary/aromatic N) is 3. The Balaban J connectivity index is 1.94. The quantitative estimate of drug-likeness (QED) is 0.242. The number of unbranched alkanes of at least 4 members (excludes halogenated alkanes) is 9. The van der Waals surface area contributed by atoms with E-state index in [4.69, 9.17) is 0 Å². The molecule has 0 bridgehead atoms. The maximum atomic E-state index is 12.9. The number of carbonyl (C=O) groups excluding carboxylic acids is 2. The lowest BCUT2D eigenvalue weighted by Gasteiger charge is -2.20. The molecule has 2 rings (SSSR count). The topological polar surface area (TPSA) is 88.9 Å². The van der Waals surface area contributed by atoms with Crippen molar-refractivity contribution in [1.29, 1.82) is 0 Å². The summed E-state index contributed by atoms with van der Waals surface area (Å²) in [5.41, 5.74) is 2.97. The molecule has 0 spiro atoms. The number of anilines is 2. The normalized spacial score (nSPS) is 11.3. The molecular weight excluding hydrogens is 450 g/mol. The van der Waals surface area contributed by atoms with Crippen LogP contribution in [0.3, 0.4) is 0 Å². The Hall–Kier alpha value is -2.70. The molecule has 0 aliphatic rings. The summed E-state index contributed by atoms with van der Waals surface area (Å²) in [6.07, 6.45) is 13.1. The van der Waals surface area contributed by atoms with Gasteiger partial charge < -0.3 is 5.32 Å². The van der Waals surface area contributed by atoms with Gasteiger partial charge in [-0.3, -0.25) is 10.1 Å². The first kappa shape index (κ1) is 29.5. The summed E-state index contributed by atoms with van der Waals surface area (Å²) in [5.74, 6) is 1.07. The summed E-state index contributed by atoms with van der Waals surface area (Å²) in [7, 11) is 0. The van der Waals surface area contributed by atoms with Crippen LogP contribution in [-0.4, -0.2) is 26.7 Å². The summed E-state index contributed by atoms with van der Waals surface area (Å²) in [6, 6.07) is 5.68. The molecular formula is C29H47N5O2. The minimum absolute atomic E-state index is 0.162. The minimum Gasteiger partial charge on any atom is -0.307 e. The van der Waals surface area contributed by atoms with E-state index in [1.807, 2.05) is 18.2 Å². The predicted molar refractivity (Wildman–Crippen MR) is 149 cm³/mol. The van der Waals surface area contributed by atoms with Gasteiger partial charge in [-0.15, -0.1) is 10.2 Å². The van der Waals surface area contributed by atoms with Crippen LogP contribution in [0.5, 0.6) is 0 Å². The van der Waals surface area contributed by atoms with E-state index < -0.39 is 6.03 Å². The lowest BCUT2D eigenvalue weighted by molar-refractivity contribution is 0.0935. The van der Waals surface area contributed by atoms with E-state index in [1.54, 1.807) is 0 Å². The van der Waals surface area contributed by atoms with Gasteiger partial charge >= 0.3 is 6.03 Å². The van der Waals surface area contributed by atoms with Crippen LogP contribution >= 0.6 is 0 Å².